The second-order valence-corrected chi connectivity index (χ2v) is 5.05. The molecule has 1 aromatic carbocycles. The standard InChI is InChI=1S/C16H14F3N3O3/c1-23-12-6-10-11(7-13(12)24-2)21-15(16(17,18)19)22-14(10)20-8-9-4-3-5-25-9/h3-7H,8H2,1-2H3,(H,20,21,22). The third-order valence-electron chi connectivity index (χ3n) is 3.46. The van der Waals surface area contributed by atoms with Crippen molar-refractivity contribution in [2.45, 2.75) is 12.7 Å². The minimum absolute atomic E-state index is 0.0229. The summed E-state index contributed by atoms with van der Waals surface area (Å²) < 4.78 is 54.8. The Labute approximate surface area is 140 Å². The second-order valence-electron chi connectivity index (χ2n) is 5.05. The van der Waals surface area contributed by atoms with E-state index in [-0.39, 0.29) is 23.6 Å². The van der Waals surface area contributed by atoms with E-state index in [1.807, 2.05) is 0 Å². The van der Waals surface area contributed by atoms with Gasteiger partial charge in [0.15, 0.2) is 11.5 Å². The third kappa shape index (κ3) is 3.44. The number of fused-ring (bicyclic) bond motifs is 1. The van der Waals surface area contributed by atoms with Crippen LogP contribution in [-0.4, -0.2) is 24.2 Å². The molecular weight excluding hydrogens is 339 g/mol. The van der Waals surface area contributed by atoms with Crippen molar-refractivity contribution in [1.29, 1.82) is 0 Å². The Bertz CT molecular complexity index is 880. The fourth-order valence-electron chi connectivity index (χ4n) is 2.30. The number of ether oxygens (including phenoxy) is 2. The van der Waals surface area contributed by atoms with Gasteiger partial charge in [-0.15, -0.1) is 0 Å². The number of alkyl halides is 3. The smallest absolute Gasteiger partial charge is 0.451 e. The Kier molecular flexibility index (Phi) is 4.39. The van der Waals surface area contributed by atoms with Crippen LogP contribution in [0.25, 0.3) is 10.9 Å². The fourth-order valence-corrected chi connectivity index (χ4v) is 2.30. The second kappa shape index (κ2) is 6.50. The number of aromatic nitrogens is 2. The number of nitrogens with one attached hydrogen (secondary N) is 1. The van der Waals surface area contributed by atoms with Crippen molar-refractivity contribution in [3.05, 3.63) is 42.1 Å². The molecule has 0 bridgehead atoms. The highest BCUT2D eigenvalue weighted by Gasteiger charge is 2.35. The monoisotopic (exact) mass is 353 g/mol. The summed E-state index contributed by atoms with van der Waals surface area (Å²) in [6.45, 7) is 0.171. The summed E-state index contributed by atoms with van der Waals surface area (Å²) >= 11 is 0. The van der Waals surface area contributed by atoms with E-state index in [0.29, 0.717) is 16.9 Å². The molecule has 6 nitrogen and oxygen atoms in total. The predicted octanol–water partition coefficient (Wildman–Crippen LogP) is 3.87. The molecule has 0 amide bonds. The zero-order chi connectivity index (χ0) is 18.0. The summed E-state index contributed by atoms with van der Waals surface area (Å²) in [5, 5.41) is 3.22. The molecule has 3 rings (SSSR count). The molecule has 0 unspecified atom stereocenters. The maximum atomic E-state index is 13.1. The van der Waals surface area contributed by atoms with E-state index in [1.54, 1.807) is 12.1 Å². The zero-order valence-corrected chi connectivity index (χ0v) is 13.3. The normalized spacial score (nSPS) is 11.6. The molecule has 0 atom stereocenters. The van der Waals surface area contributed by atoms with E-state index in [2.05, 4.69) is 15.3 Å². The van der Waals surface area contributed by atoms with Crippen LogP contribution in [0, 0.1) is 0 Å². The van der Waals surface area contributed by atoms with Crippen molar-refractivity contribution in [3.63, 3.8) is 0 Å². The van der Waals surface area contributed by atoms with Crippen LogP contribution in [0.15, 0.2) is 34.9 Å². The molecule has 0 saturated heterocycles. The van der Waals surface area contributed by atoms with Gasteiger partial charge in [-0.3, -0.25) is 0 Å². The number of furan rings is 1. The Morgan fingerprint density at radius 3 is 2.44 bits per heavy atom. The first kappa shape index (κ1) is 16.9. The van der Waals surface area contributed by atoms with Crippen LogP contribution in [0.5, 0.6) is 11.5 Å². The highest BCUT2D eigenvalue weighted by molar-refractivity contribution is 5.91. The molecule has 0 spiro atoms. The topological polar surface area (TPSA) is 69.4 Å². The van der Waals surface area contributed by atoms with Gasteiger partial charge < -0.3 is 19.2 Å². The van der Waals surface area contributed by atoms with Crippen molar-refractivity contribution >= 4 is 16.7 Å². The Morgan fingerprint density at radius 2 is 1.84 bits per heavy atom. The van der Waals surface area contributed by atoms with Gasteiger partial charge in [-0.25, -0.2) is 9.97 Å². The lowest BCUT2D eigenvalue weighted by Gasteiger charge is -2.14. The zero-order valence-electron chi connectivity index (χ0n) is 13.3. The number of halogens is 3. The summed E-state index contributed by atoms with van der Waals surface area (Å²) in [6.07, 6.45) is -3.20. The van der Waals surface area contributed by atoms with E-state index in [0.717, 1.165) is 0 Å². The first-order chi connectivity index (χ1) is 11.9. The number of hydrogen-bond donors (Lipinski definition) is 1. The molecule has 1 N–H and O–H groups in total. The van der Waals surface area contributed by atoms with Crippen molar-refractivity contribution in [2.24, 2.45) is 0 Å². The van der Waals surface area contributed by atoms with Crippen molar-refractivity contribution in [1.82, 2.24) is 9.97 Å². The van der Waals surface area contributed by atoms with Gasteiger partial charge in [0.25, 0.3) is 0 Å². The summed E-state index contributed by atoms with van der Waals surface area (Å²) in [7, 11) is 2.83. The lowest BCUT2D eigenvalue weighted by Crippen LogP contribution is -2.13. The van der Waals surface area contributed by atoms with Crippen LogP contribution < -0.4 is 14.8 Å². The molecule has 2 aromatic heterocycles. The summed E-state index contributed by atoms with van der Waals surface area (Å²) in [5.74, 6) is -0.0251. The minimum Gasteiger partial charge on any atom is -0.493 e. The predicted molar refractivity (Wildman–Crippen MR) is 83.7 cm³/mol. The van der Waals surface area contributed by atoms with E-state index < -0.39 is 12.0 Å². The van der Waals surface area contributed by atoms with Gasteiger partial charge in [0.05, 0.1) is 32.5 Å². The van der Waals surface area contributed by atoms with Gasteiger partial charge in [-0.2, -0.15) is 13.2 Å². The van der Waals surface area contributed by atoms with Crippen LogP contribution in [0.3, 0.4) is 0 Å². The van der Waals surface area contributed by atoms with Crippen molar-refractivity contribution in [3.8, 4) is 11.5 Å². The average Bonchev–Trinajstić information content (AvgIpc) is 3.10. The first-order valence-electron chi connectivity index (χ1n) is 7.19. The van der Waals surface area contributed by atoms with E-state index in [9.17, 15) is 13.2 Å². The average molecular weight is 353 g/mol. The number of methoxy groups -OCH3 is 2. The molecule has 0 aliphatic carbocycles. The summed E-state index contributed by atoms with van der Waals surface area (Å²) in [4.78, 5) is 7.22. The molecule has 2 heterocycles. The van der Waals surface area contributed by atoms with Crippen LogP contribution in [0.4, 0.5) is 19.0 Å². The van der Waals surface area contributed by atoms with Crippen LogP contribution in [0.2, 0.25) is 0 Å². The van der Waals surface area contributed by atoms with Gasteiger partial charge in [0.2, 0.25) is 5.82 Å². The van der Waals surface area contributed by atoms with Gasteiger partial charge in [0.1, 0.15) is 11.6 Å². The lowest BCUT2D eigenvalue weighted by atomic mass is 10.2. The number of nitrogens with zero attached hydrogens (tertiary/aromatic N) is 2. The molecular formula is C16H14F3N3O3. The highest BCUT2D eigenvalue weighted by atomic mass is 19.4. The van der Waals surface area contributed by atoms with Gasteiger partial charge in [0, 0.05) is 11.5 Å². The Balaban J connectivity index is 2.12. The summed E-state index contributed by atoms with van der Waals surface area (Å²) in [6, 6.07) is 6.29. The Hall–Kier alpha value is -2.97. The number of hydrogen-bond acceptors (Lipinski definition) is 6. The molecule has 25 heavy (non-hydrogen) atoms. The van der Waals surface area contributed by atoms with Gasteiger partial charge >= 0.3 is 6.18 Å². The van der Waals surface area contributed by atoms with Crippen LogP contribution >= 0.6 is 0 Å². The molecule has 0 saturated carbocycles. The van der Waals surface area contributed by atoms with E-state index >= 15 is 0 Å². The van der Waals surface area contributed by atoms with Crippen LogP contribution in [0.1, 0.15) is 11.6 Å². The molecule has 3 aromatic rings. The molecule has 0 aliphatic rings. The molecule has 0 radical (unpaired) electrons. The molecule has 0 fully saturated rings. The maximum Gasteiger partial charge on any atom is 0.451 e. The van der Waals surface area contributed by atoms with Crippen LogP contribution in [-0.2, 0) is 12.7 Å². The first-order valence-corrected chi connectivity index (χ1v) is 7.19. The molecule has 132 valence electrons. The van der Waals surface area contributed by atoms with Gasteiger partial charge in [-0.1, -0.05) is 0 Å². The molecule has 9 heteroatoms. The van der Waals surface area contributed by atoms with Crippen molar-refractivity contribution in [2.75, 3.05) is 19.5 Å². The van der Waals surface area contributed by atoms with Crippen molar-refractivity contribution < 1.29 is 27.1 Å². The third-order valence-corrected chi connectivity index (χ3v) is 3.46. The number of benzene rings is 1. The SMILES string of the molecule is COc1cc2nc(C(F)(F)F)nc(NCc3ccco3)c2cc1OC. The quantitative estimate of drug-likeness (QED) is 0.751. The lowest BCUT2D eigenvalue weighted by molar-refractivity contribution is -0.144. The molecule has 0 aliphatic heterocycles. The highest BCUT2D eigenvalue weighted by Crippen LogP contribution is 2.36. The minimum atomic E-state index is -4.68. The number of anilines is 1. The number of rotatable bonds is 5. The summed E-state index contributed by atoms with van der Waals surface area (Å²) in [5.41, 5.74) is 0.0851. The largest absolute Gasteiger partial charge is 0.493 e. The van der Waals surface area contributed by atoms with E-state index in [1.165, 1.54) is 32.6 Å². The van der Waals surface area contributed by atoms with Gasteiger partial charge in [-0.05, 0) is 18.2 Å². The fraction of sp³-hybridized carbons (Fsp3) is 0.250. The Morgan fingerprint density at radius 1 is 1.12 bits per heavy atom. The maximum absolute atomic E-state index is 13.1. The van der Waals surface area contributed by atoms with E-state index in [4.69, 9.17) is 13.9 Å².